The van der Waals surface area contributed by atoms with E-state index < -0.39 is 0 Å². The maximum absolute atomic E-state index is 6.49. The molecule has 30 heavy (non-hydrogen) atoms. The number of aromatic nitrogens is 4. The van der Waals surface area contributed by atoms with E-state index in [0.29, 0.717) is 0 Å². The second-order valence-electron chi connectivity index (χ2n) is 7.81. The molecule has 3 N–H and O–H groups in total. The molecule has 6 rings (SSSR count). The van der Waals surface area contributed by atoms with Crippen molar-refractivity contribution in [2.45, 2.75) is 24.8 Å². The van der Waals surface area contributed by atoms with Crippen molar-refractivity contribution in [3.05, 3.63) is 72.4 Å². The Labute approximate surface area is 180 Å². The second-order valence-corrected chi connectivity index (χ2v) is 7.81. The molecular weight excluding hydrogens is 396 g/mol. The zero-order valence-electron chi connectivity index (χ0n) is 16.2. The first-order chi connectivity index (χ1) is 14.2. The molecule has 0 spiro atoms. The quantitative estimate of drug-likeness (QED) is 0.431. The molecule has 0 unspecified atom stereocenters. The summed E-state index contributed by atoms with van der Waals surface area (Å²) in [6.07, 6.45) is 5.09. The third-order valence-electron chi connectivity index (χ3n) is 6.08. The molecule has 1 aliphatic heterocycles. The SMILES string of the molecule is Cl.NC1(c2ccc(-c3nnc4n3-c3cccnc3Nc3ccccc3-4)cc2)CCC1. The van der Waals surface area contributed by atoms with Crippen LogP contribution < -0.4 is 11.1 Å². The highest BCUT2D eigenvalue weighted by Gasteiger charge is 2.34. The summed E-state index contributed by atoms with van der Waals surface area (Å²) in [6.45, 7) is 0. The lowest BCUT2D eigenvalue weighted by Gasteiger charge is -2.38. The number of fused-ring (bicyclic) bond motifs is 5. The summed E-state index contributed by atoms with van der Waals surface area (Å²) < 4.78 is 2.08. The van der Waals surface area contributed by atoms with Gasteiger partial charge in [0.1, 0.15) is 0 Å². The molecule has 3 heterocycles. The van der Waals surface area contributed by atoms with Crippen molar-refractivity contribution in [3.8, 4) is 28.5 Å². The predicted octanol–water partition coefficient (Wildman–Crippen LogP) is 4.81. The Balaban J connectivity index is 0.00000193. The van der Waals surface area contributed by atoms with Crippen LogP contribution in [0.15, 0.2) is 66.9 Å². The highest BCUT2D eigenvalue weighted by molar-refractivity contribution is 5.85. The fraction of sp³-hybridized carbons (Fsp3) is 0.174. The van der Waals surface area contributed by atoms with Gasteiger partial charge in [-0.1, -0.05) is 36.4 Å². The Kier molecular flexibility index (Phi) is 4.34. The average Bonchev–Trinajstić information content (AvgIpc) is 3.12. The van der Waals surface area contributed by atoms with E-state index in [4.69, 9.17) is 5.73 Å². The van der Waals surface area contributed by atoms with Gasteiger partial charge < -0.3 is 11.1 Å². The Hall–Kier alpha value is -3.22. The standard InChI is InChI=1S/C23H20N6.ClH/c24-23(12-4-13-23)16-10-8-15(9-11-16)21-27-28-22-17-5-1-2-6-18(17)26-20-19(29(21)22)7-3-14-25-20;/h1-3,5-11,14H,4,12-13,24H2,(H,25,26);1H. The van der Waals surface area contributed by atoms with Gasteiger partial charge in [-0.3, -0.25) is 4.57 Å². The molecular formula is C23H21ClN6. The molecule has 2 aromatic heterocycles. The zero-order chi connectivity index (χ0) is 19.4. The number of nitrogens with one attached hydrogen (secondary N) is 1. The molecule has 7 heteroatoms. The Morgan fingerprint density at radius 1 is 0.900 bits per heavy atom. The Morgan fingerprint density at radius 2 is 1.67 bits per heavy atom. The van der Waals surface area contributed by atoms with Gasteiger partial charge in [-0.15, -0.1) is 22.6 Å². The van der Waals surface area contributed by atoms with Crippen molar-refractivity contribution < 1.29 is 0 Å². The fourth-order valence-corrected chi connectivity index (χ4v) is 4.26. The minimum atomic E-state index is -0.167. The molecule has 4 aromatic rings. The second kappa shape index (κ2) is 6.93. The van der Waals surface area contributed by atoms with Crippen LogP contribution in [-0.2, 0) is 5.54 Å². The Morgan fingerprint density at radius 3 is 2.43 bits per heavy atom. The maximum Gasteiger partial charge on any atom is 0.171 e. The largest absolute Gasteiger partial charge is 0.338 e. The predicted molar refractivity (Wildman–Crippen MR) is 120 cm³/mol. The summed E-state index contributed by atoms with van der Waals surface area (Å²) in [4.78, 5) is 4.55. The van der Waals surface area contributed by atoms with Crippen molar-refractivity contribution in [1.82, 2.24) is 19.7 Å². The zero-order valence-corrected chi connectivity index (χ0v) is 17.1. The van der Waals surface area contributed by atoms with Gasteiger partial charge in [-0.25, -0.2) is 4.98 Å². The molecule has 1 aliphatic carbocycles. The molecule has 150 valence electrons. The molecule has 0 bridgehead atoms. The van der Waals surface area contributed by atoms with E-state index in [1.54, 1.807) is 6.20 Å². The molecule has 0 amide bonds. The van der Waals surface area contributed by atoms with E-state index in [1.807, 2.05) is 30.3 Å². The third-order valence-corrected chi connectivity index (χ3v) is 6.08. The summed E-state index contributed by atoms with van der Waals surface area (Å²) in [7, 11) is 0. The molecule has 1 saturated carbocycles. The van der Waals surface area contributed by atoms with Gasteiger partial charge in [0.2, 0.25) is 0 Å². The van der Waals surface area contributed by atoms with E-state index in [9.17, 15) is 0 Å². The molecule has 2 aromatic carbocycles. The molecule has 6 nitrogen and oxygen atoms in total. The van der Waals surface area contributed by atoms with Gasteiger partial charge >= 0.3 is 0 Å². The topological polar surface area (TPSA) is 81.7 Å². The van der Waals surface area contributed by atoms with Gasteiger partial charge in [0.25, 0.3) is 0 Å². The summed E-state index contributed by atoms with van der Waals surface area (Å²) in [5, 5.41) is 12.6. The summed E-state index contributed by atoms with van der Waals surface area (Å²) in [5.41, 5.74) is 11.4. The average molecular weight is 417 g/mol. The maximum atomic E-state index is 6.49. The smallest absolute Gasteiger partial charge is 0.171 e. The number of halogens is 1. The molecule has 2 aliphatic rings. The van der Waals surface area contributed by atoms with Crippen molar-refractivity contribution in [3.63, 3.8) is 0 Å². The van der Waals surface area contributed by atoms with Crippen molar-refractivity contribution in [2.75, 3.05) is 5.32 Å². The summed E-state index contributed by atoms with van der Waals surface area (Å²) >= 11 is 0. The number of nitrogens with two attached hydrogens (primary N) is 1. The lowest BCUT2D eigenvalue weighted by atomic mass is 9.73. The number of anilines is 2. The molecule has 0 atom stereocenters. The third kappa shape index (κ3) is 2.72. The summed E-state index contributed by atoms with van der Waals surface area (Å²) in [5.74, 6) is 2.37. The van der Waals surface area contributed by atoms with Crippen LogP contribution in [0.5, 0.6) is 0 Å². The lowest BCUT2D eigenvalue weighted by molar-refractivity contribution is 0.253. The number of rotatable bonds is 2. The van der Waals surface area contributed by atoms with Crippen molar-refractivity contribution in [1.29, 1.82) is 0 Å². The van der Waals surface area contributed by atoms with E-state index in [-0.39, 0.29) is 17.9 Å². The van der Waals surface area contributed by atoms with E-state index in [1.165, 1.54) is 12.0 Å². The van der Waals surface area contributed by atoms with Crippen molar-refractivity contribution >= 4 is 23.9 Å². The van der Waals surface area contributed by atoms with Crippen LogP contribution in [0.25, 0.3) is 28.5 Å². The van der Waals surface area contributed by atoms with Crippen LogP contribution in [0.2, 0.25) is 0 Å². The van der Waals surface area contributed by atoms with E-state index in [2.05, 4.69) is 55.4 Å². The van der Waals surface area contributed by atoms with E-state index >= 15 is 0 Å². The number of pyridine rings is 1. The first-order valence-corrected chi connectivity index (χ1v) is 9.90. The highest BCUT2D eigenvalue weighted by Crippen LogP contribution is 2.41. The minimum Gasteiger partial charge on any atom is -0.338 e. The van der Waals surface area contributed by atoms with Crippen LogP contribution in [-0.4, -0.2) is 19.7 Å². The number of hydrogen-bond acceptors (Lipinski definition) is 5. The van der Waals surface area contributed by atoms with Gasteiger partial charge in [-0.05, 0) is 49.1 Å². The van der Waals surface area contributed by atoms with Gasteiger partial charge in [0.15, 0.2) is 17.5 Å². The first-order valence-electron chi connectivity index (χ1n) is 9.90. The fourth-order valence-electron chi connectivity index (χ4n) is 4.26. The lowest BCUT2D eigenvalue weighted by Crippen LogP contribution is -2.43. The number of nitrogens with zero attached hydrogens (tertiary/aromatic N) is 4. The molecule has 0 saturated heterocycles. The van der Waals surface area contributed by atoms with Gasteiger partial charge in [0, 0.05) is 22.9 Å². The molecule has 1 fully saturated rings. The number of benzene rings is 2. The van der Waals surface area contributed by atoms with Crippen LogP contribution in [0.4, 0.5) is 11.5 Å². The van der Waals surface area contributed by atoms with Crippen LogP contribution in [0.3, 0.4) is 0 Å². The number of para-hydroxylation sites is 1. The number of hydrogen-bond donors (Lipinski definition) is 2. The van der Waals surface area contributed by atoms with Crippen LogP contribution in [0, 0.1) is 0 Å². The highest BCUT2D eigenvalue weighted by atomic mass is 35.5. The van der Waals surface area contributed by atoms with E-state index in [0.717, 1.165) is 52.8 Å². The van der Waals surface area contributed by atoms with Crippen molar-refractivity contribution in [2.24, 2.45) is 5.73 Å². The Bertz CT molecular complexity index is 1230. The van der Waals surface area contributed by atoms with Gasteiger partial charge in [0.05, 0.1) is 11.4 Å². The normalized spacial score (nSPS) is 15.4. The monoisotopic (exact) mass is 416 g/mol. The first kappa shape index (κ1) is 18.8. The van der Waals surface area contributed by atoms with Gasteiger partial charge in [-0.2, -0.15) is 0 Å². The minimum absolute atomic E-state index is 0. The summed E-state index contributed by atoms with van der Waals surface area (Å²) in [6, 6.07) is 20.5. The van der Waals surface area contributed by atoms with Crippen LogP contribution in [0.1, 0.15) is 24.8 Å². The molecule has 0 radical (unpaired) electrons. The van der Waals surface area contributed by atoms with Crippen LogP contribution >= 0.6 is 12.4 Å².